The van der Waals surface area contributed by atoms with Gasteiger partial charge in [0, 0.05) is 24.2 Å². The number of rotatable bonds is 1. The van der Waals surface area contributed by atoms with Gasteiger partial charge in [0.05, 0.1) is 12.7 Å². The standard InChI is InChI=1S/C22H30O7/c1-10-12-5-6-13-20-9-28-22(27,21(13,16(10)24)17(12)25)18(26)15(20)19(3,4)8-7-14(20)29-11(2)23/h12-15,17-18,25-27H,1,5-9H2,2-4H3/t12-,13-,14-,15+,17?,18-,20+,21-,22?/m0/s1. The Morgan fingerprint density at radius 1 is 1.21 bits per heavy atom. The minimum absolute atomic E-state index is 0.0795. The molecule has 0 aromatic heterocycles. The molecule has 9 atom stereocenters. The van der Waals surface area contributed by atoms with Crippen molar-refractivity contribution >= 4 is 11.8 Å². The molecule has 0 radical (unpaired) electrons. The van der Waals surface area contributed by atoms with E-state index in [4.69, 9.17) is 9.47 Å². The van der Waals surface area contributed by atoms with Crippen LogP contribution >= 0.6 is 0 Å². The van der Waals surface area contributed by atoms with Crippen molar-refractivity contribution in [2.75, 3.05) is 6.61 Å². The molecule has 2 saturated heterocycles. The van der Waals surface area contributed by atoms with E-state index in [1.165, 1.54) is 6.92 Å². The molecule has 2 aliphatic heterocycles. The third-order valence-electron chi connectivity index (χ3n) is 9.16. The van der Waals surface area contributed by atoms with E-state index >= 15 is 0 Å². The SMILES string of the molecule is C=C1C(=O)[C@]23C(O)[C@H]1CC[C@H]2[C@@]12COC3(O)[C@@H](O)[C@@H]1C(C)(C)CC[C@@H]2OC(C)=O. The molecule has 6 fully saturated rings. The number of carbonyl (C=O) groups excluding carboxylic acids is 2. The zero-order chi connectivity index (χ0) is 21.1. The zero-order valence-corrected chi connectivity index (χ0v) is 17.2. The molecule has 2 spiro atoms. The summed E-state index contributed by atoms with van der Waals surface area (Å²) in [5.41, 5.74) is -2.60. The highest BCUT2D eigenvalue weighted by atomic mass is 16.6. The Kier molecular flexibility index (Phi) is 3.73. The van der Waals surface area contributed by atoms with E-state index in [1.807, 2.05) is 13.8 Å². The lowest BCUT2D eigenvalue weighted by Crippen LogP contribution is -2.85. The average molecular weight is 406 g/mol. The van der Waals surface area contributed by atoms with Crippen LogP contribution in [0, 0.1) is 34.0 Å². The van der Waals surface area contributed by atoms with Gasteiger partial charge < -0.3 is 24.8 Å². The van der Waals surface area contributed by atoms with Crippen LogP contribution in [0.4, 0.5) is 0 Å². The lowest BCUT2D eigenvalue weighted by Gasteiger charge is -2.74. The molecule has 160 valence electrons. The Morgan fingerprint density at radius 3 is 2.55 bits per heavy atom. The first-order chi connectivity index (χ1) is 13.5. The monoisotopic (exact) mass is 406 g/mol. The Bertz CT molecular complexity index is 820. The maximum Gasteiger partial charge on any atom is 0.302 e. The zero-order valence-electron chi connectivity index (χ0n) is 17.2. The Balaban J connectivity index is 1.79. The van der Waals surface area contributed by atoms with Gasteiger partial charge in [-0.2, -0.15) is 0 Å². The van der Waals surface area contributed by atoms with Crippen LogP contribution in [0.5, 0.6) is 0 Å². The molecule has 0 aromatic carbocycles. The van der Waals surface area contributed by atoms with Gasteiger partial charge in [-0.15, -0.1) is 0 Å². The summed E-state index contributed by atoms with van der Waals surface area (Å²) in [5.74, 6) is -4.38. The first kappa shape index (κ1) is 19.7. The fraction of sp³-hybridized carbons (Fsp3) is 0.818. The van der Waals surface area contributed by atoms with Crippen molar-refractivity contribution in [3.05, 3.63) is 12.2 Å². The number of Topliss-reactive ketones (excluding diaryl/α,β-unsaturated/α-hetero) is 1. The van der Waals surface area contributed by atoms with Crippen LogP contribution in [-0.2, 0) is 19.1 Å². The number of fused-ring (bicyclic) bond motifs is 2. The predicted octanol–water partition coefficient (Wildman–Crippen LogP) is 0.946. The van der Waals surface area contributed by atoms with Crippen molar-refractivity contribution in [3.63, 3.8) is 0 Å². The fourth-order valence-corrected chi connectivity index (χ4v) is 8.24. The maximum absolute atomic E-state index is 13.5. The van der Waals surface area contributed by atoms with E-state index < -0.39 is 64.4 Å². The van der Waals surface area contributed by atoms with Gasteiger partial charge in [0.15, 0.2) is 5.78 Å². The number of ketones is 1. The summed E-state index contributed by atoms with van der Waals surface area (Å²) in [4.78, 5) is 25.5. The second-order valence-corrected chi connectivity index (χ2v) is 10.5. The van der Waals surface area contributed by atoms with E-state index in [0.717, 1.165) is 0 Å². The number of ether oxygens (including phenoxy) is 2. The molecule has 6 aliphatic rings. The predicted molar refractivity (Wildman–Crippen MR) is 100 cm³/mol. The highest BCUT2D eigenvalue weighted by Gasteiger charge is 2.87. The van der Waals surface area contributed by atoms with Gasteiger partial charge in [0.1, 0.15) is 17.6 Å². The molecule has 2 heterocycles. The molecule has 2 unspecified atom stereocenters. The molecule has 4 bridgehead atoms. The van der Waals surface area contributed by atoms with E-state index in [0.29, 0.717) is 31.3 Å². The highest BCUT2D eigenvalue weighted by Crippen LogP contribution is 2.76. The van der Waals surface area contributed by atoms with Gasteiger partial charge in [-0.05, 0) is 42.6 Å². The molecule has 6 rings (SSSR count). The van der Waals surface area contributed by atoms with E-state index in [-0.39, 0.29) is 12.0 Å². The number of aliphatic hydroxyl groups is 3. The minimum atomic E-state index is -2.19. The maximum atomic E-state index is 13.5. The smallest absolute Gasteiger partial charge is 0.302 e. The van der Waals surface area contributed by atoms with Crippen LogP contribution in [0.25, 0.3) is 0 Å². The van der Waals surface area contributed by atoms with Crippen molar-refractivity contribution in [1.29, 1.82) is 0 Å². The molecule has 29 heavy (non-hydrogen) atoms. The van der Waals surface area contributed by atoms with Crippen molar-refractivity contribution in [2.24, 2.45) is 34.0 Å². The second kappa shape index (κ2) is 5.49. The molecular formula is C22H30O7. The Hall–Kier alpha value is -1.28. The van der Waals surface area contributed by atoms with Crippen molar-refractivity contribution in [1.82, 2.24) is 0 Å². The van der Waals surface area contributed by atoms with Gasteiger partial charge in [-0.25, -0.2) is 0 Å². The molecule has 4 aliphatic carbocycles. The molecule has 0 aromatic rings. The summed E-state index contributed by atoms with van der Waals surface area (Å²) < 4.78 is 11.7. The third-order valence-corrected chi connectivity index (χ3v) is 9.16. The van der Waals surface area contributed by atoms with Crippen LogP contribution in [0.3, 0.4) is 0 Å². The summed E-state index contributed by atoms with van der Waals surface area (Å²) in [6, 6.07) is 0. The van der Waals surface area contributed by atoms with Crippen LogP contribution in [-0.4, -0.2) is 57.8 Å². The number of hydrogen-bond acceptors (Lipinski definition) is 7. The summed E-state index contributed by atoms with van der Waals surface area (Å²) >= 11 is 0. The first-order valence-electron chi connectivity index (χ1n) is 10.6. The Labute approximate surface area is 170 Å². The lowest BCUT2D eigenvalue weighted by molar-refractivity contribution is -0.458. The van der Waals surface area contributed by atoms with Crippen LogP contribution in [0.1, 0.15) is 46.5 Å². The number of esters is 1. The number of hydrogen-bond donors (Lipinski definition) is 3. The normalized spacial score (nSPS) is 54.7. The molecule has 7 heteroatoms. The van der Waals surface area contributed by atoms with Gasteiger partial charge in [-0.1, -0.05) is 20.4 Å². The topological polar surface area (TPSA) is 113 Å². The molecule has 0 amide bonds. The number of carbonyl (C=O) groups is 2. The van der Waals surface area contributed by atoms with Crippen LogP contribution in [0.2, 0.25) is 0 Å². The summed E-state index contributed by atoms with van der Waals surface area (Å²) in [6.45, 7) is 9.43. The van der Waals surface area contributed by atoms with E-state index in [2.05, 4.69) is 6.58 Å². The minimum Gasteiger partial charge on any atom is -0.462 e. The Morgan fingerprint density at radius 2 is 1.90 bits per heavy atom. The summed E-state index contributed by atoms with van der Waals surface area (Å²) in [6.07, 6.45) is -0.674. The lowest BCUT2D eigenvalue weighted by atomic mass is 9.35. The van der Waals surface area contributed by atoms with Crippen molar-refractivity contribution in [2.45, 2.75) is 70.6 Å². The van der Waals surface area contributed by atoms with Gasteiger partial charge in [0.2, 0.25) is 5.79 Å². The fourth-order valence-electron chi connectivity index (χ4n) is 8.24. The van der Waals surface area contributed by atoms with Crippen molar-refractivity contribution in [3.8, 4) is 0 Å². The van der Waals surface area contributed by atoms with E-state index in [1.54, 1.807) is 0 Å². The molecule has 7 nitrogen and oxygen atoms in total. The quantitative estimate of drug-likeness (QED) is 0.439. The third kappa shape index (κ3) is 1.86. The van der Waals surface area contributed by atoms with Gasteiger partial charge in [0.25, 0.3) is 0 Å². The largest absolute Gasteiger partial charge is 0.462 e. The van der Waals surface area contributed by atoms with E-state index in [9.17, 15) is 24.9 Å². The number of aliphatic hydroxyl groups excluding tert-OH is 2. The first-order valence-corrected chi connectivity index (χ1v) is 10.6. The van der Waals surface area contributed by atoms with Crippen molar-refractivity contribution < 1.29 is 34.4 Å². The summed E-state index contributed by atoms with van der Waals surface area (Å²) in [5, 5.41) is 34.5. The molecular weight excluding hydrogens is 376 g/mol. The summed E-state index contributed by atoms with van der Waals surface area (Å²) in [7, 11) is 0. The highest BCUT2D eigenvalue weighted by molar-refractivity contribution is 6.05. The van der Waals surface area contributed by atoms with Crippen LogP contribution in [0.15, 0.2) is 12.2 Å². The molecule has 4 saturated carbocycles. The average Bonchev–Trinajstić information content (AvgIpc) is 2.74. The van der Waals surface area contributed by atoms with Crippen LogP contribution < -0.4 is 0 Å². The van der Waals surface area contributed by atoms with Gasteiger partial charge >= 0.3 is 5.97 Å². The van der Waals surface area contributed by atoms with Gasteiger partial charge in [-0.3, -0.25) is 9.59 Å². The second-order valence-electron chi connectivity index (χ2n) is 10.5. The molecule has 3 N–H and O–H groups in total.